The summed E-state index contributed by atoms with van der Waals surface area (Å²) in [6, 6.07) is 11.0. The minimum Gasteiger partial charge on any atom is -0.383 e. The molecule has 18 heavy (non-hydrogen) atoms. The number of nitrogens with zero attached hydrogens (tertiary/aromatic N) is 2. The van der Waals surface area contributed by atoms with Gasteiger partial charge in [0.25, 0.3) is 0 Å². The van der Waals surface area contributed by atoms with Gasteiger partial charge >= 0.3 is 6.03 Å². The topological polar surface area (TPSA) is 72.9 Å². The van der Waals surface area contributed by atoms with E-state index in [1.807, 2.05) is 44.2 Å². The minimum absolute atomic E-state index is 0.0428. The van der Waals surface area contributed by atoms with Crippen LogP contribution in [0.1, 0.15) is 13.8 Å². The molecule has 0 unspecified atom stereocenters. The Hall–Kier alpha value is -2.30. The number of nitrogen functional groups attached to an aromatic ring is 1. The molecule has 2 aromatic rings. The first-order valence-electron chi connectivity index (χ1n) is 5.80. The zero-order chi connectivity index (χ0) is 13.1. The van der Waals surface area contributed by atoms with Crippen LogP contribution in [0.15, 0.2) is 36.4 Å². The maximum absolute atomic E-state index is 11.8. The first kappa shape index (κ1) is 12.2. The first-order chi connectivity index (χ1) is 8.58. The SMILES string of the molecule is CC(C)NC(=O)n1nc(-c2ccccc2)cc1N. The average molecular weight is 244 g/mol. The van der Waals surface area contributed by atoms with Gasteiger partial charge in [0.05, 0.1) is 5.69 Å². The summed E-state index contributed by atoms with van der Waals surface area (Å²) in [5.74, 6) is 0.326. The molecule has 0 spiro atoms. The smallest absolute Gasteiger partial charge is 0.344 e. The lowest BCUT2D eigenvalue weighted by Crippen LogP contribution is -2.35. The molecule has 0 aliphatic carbocycles. The number of hydrogen-bond donors (Lipinski definition) is 2. The van der Waals surface area contributed by atoms with Crippen molar-refractivity contribution in [3.8, 4) is 11.3 Å². The normalized spacial score (nSPS) is 10.6. The number of carbonyl (C=O) groups excluding carboxylic acids is 1. The van der Waals surface area contributed by atoms with E-state index in [9.17, 15) is 4.79 Å². The fourth-order valence-electron chi connectivity index (χ4n) is 1.62. The largest absolute Gasteiger partial charge is 0.383 e. The van der Waals surface area contributed by atoms with Crippen molar-refractivity contribution in [2.24, 2.45) is 0 Å². The summed E-state index contributed by atoms with van der Waals surface area (Å²) < 4.78 is 1.18. The van der Waals surface area contributed by atoms with E-state index in [2.05, 4.69) is 10.4 Å². The molecule has 0 saturated heterocycles. The van der Waals surface area contributed by atoms with Crippen LogP contribution in [0.3, 0.4) is 0 Å². The molecular formula is C13H16N4O. The summed E-state index contributed by atoms with van der Waals surface area (Å²) in [4.78, 5) is 11.8. The van der Waals surface area contributed by atoms with Crippen molar-refractivity contribution in [1.82, 2.24) is 15.1 Å². The fourth-order valence-corrected chi connectivity index (χ4v) is 1.62. The Morgan fingerprint density at radius 1 is 1.33 bits per heavy atom. The zero-order valence-corrected chi connectivity index (χ0v) is 10.4. The molecule has 0 radical (unpaired) electrons. The van der Waals surface area contributed by atoms with Crippen LogP contribution in [-0.4, -0.2) is 21.9 Å². The number of carbonyl (C=O) groups is 1. The number of nitrogens with one attached hydrogen (secondary N) is 1. The second-order valence-corrected chi connectivity index (χ2v) is 4.34. The Morgan fingerprint density at radius 3 is 2.61 bits per heavy atom. The van der Waals surface area contributed by atoms with Crippen molar-refractivity contribution in [2.45, 2.75) is 19.9 Å². The van der Waals surface area contributed by atoms with Gasteiger partial charge in [-0.2, -0.15) is 9.78 Å². The summed E-state index contributed by atoms with van der Waals surface area (Å²) in [6.45, 7) is 3.77. The standard InChI is InChI=1S/C13H16N4O/c1-9(2)15-13(18)17-12(14)8-11(16-17)10-6-4-3-5-7-10/h3-9H,14H2,1-2H3,(H,15,18). The molecule has 0 aliphatic heterocycles. The third-order valence-corrected chi connectivity index (χ3v) is 2.41. The monoisotopic (exact) mass is 244 g/mol. The number of rotatable bonds is 2. The van der Waals surface area contributed by atoms with Crippen molar-refractivity contribution in [1.29, 1.82) is 0 Å². The molecule has 1 amide bonds. The molecule has 94 valence electrons. The second kappa shape index (κ2) is 4.91. The van der Waals surface area contributed by atoms with Gasteiger partial charge in [-0.05, 0) is 13.8 Å². The Labute approximate surface area is 106 Å². The molecule has 1 aromatic heterocycles. The van der Waals surface area contributed by atoms with Crippen LogP contribution in [0, 0.1) is 0 Å². The molecule has 5 nitrogen and oxygen atoms in total. The van der Waals surface area contributed by atoms with Crippen molar-refractivity contribution >= 4 is 11.8 Å². The number of hydrogen-bond acceptors (Lipinski definition) is 3. The van der Waals surface area contributed by atoms with E-state index in [-0.39, 0.29) is 12.1 Å². The van der Waals surface area contributed by atoms with E-state index in [1.165, 1.54) is 4.68 Å². The summed E-state index contributed by atoms with van der Waals surface area (Å²) in [7, 11) is 0. The molecule has 2 rings (SSSR count). The number of nitrogens with two attached hydrogens (primary N) is 1. The van der Waals surface area contributed by atoms with E-state index in [1.54, 1.807) is 6.07 Å². The van der Waals surface area contributed by atoms with Gasteiger partial charge in [-0.25, -0.2) is 4.79 Å². The molecule has 0 saturated carbocycles. The number of anilines is 1. The van der Waals surface area contributed by atoms with Crippen LogP contribution < -0.4 is 11.1 Å². The quantitative estimate of drug-likeness (QED) is 0.849. The van der Waals surface area contributed by atoms with Crippen LogP contribution in [0.5, 0.6) is 0 Å². The van der Waals surface area contributed by atoms with E-state index < -0.39 is 0 Å². The van der Waals surface area contributed by atoms with E-state index in [4.69, 9.17) is 5.73 Å². The first-order valence-corrected chi connectivity index (χ1v) is 5.80. The highest BCUT2D eigenvalue weighted by Crippen LogP contribution is 2.19. The van der Waals surface area contributed by atoms with E-state index >= 15 is 0 Å². The molecule has 0 aliphatic rings. The number of aromatic nitrogens is 2. The molecule has 0 atom stereocenters. The second-order valence-electron chi connectivity index (χ2n) is 4.34. The average Bonchev–Trinajstić information content (AvgIpc) is 2.72. The van der Waals surface area contributed by atoms with Gasteiger partial charge in [0.15, 0.2) is 0 Å². The molecule has 3 N–H and O–H groups in total. The Morgan fingerprint density at radius 2 is 2.00 bits per heavy atom. The summed E-state index contributed by atoms with van der Waals surface area (Å²) in [6.07, 6.45) is 0. The van der Waals surface area contributed by atoms with Gasteiger partial charge in [0, 0.05) is 17.7 Å². The highest BCUT2D eigenvalue weighted by Gasteiger charge is 2.13. The van der Waals surface area contributed by atoms with Crippen LogP contribution in [0.4, 0.5) is 10.6 Å². The zero-order valence-electron chi connectivity index (χ0n) is 10.4. The van der Waals surface area contributed by atoms with Crippen molar-refractivity contribution < 1.29 is 4.79 Å². The molecule has 0 bridgehead atoms. The highest BCUT2D eigenvalue weighted by molar-refractivity contribution is 5.80. The van der Waals surface area contributed by atoms with Gasteiger partial charge < -0.3 is 11.1 Å². The summed E-state index contributed by atoms with van der Waals surface area (Å²) in [5, 5.41) is 6.96. The van der Waals surface area contributed by atoms with Crippen LogP contribution >= 0.6 is 0 Å². The van der Waals surface area contributed by atoms with Gasteiger partial charge in [-0.15, -0.1) is 0 Å². The summed E-state index contributed by atoms with van der Waals surface area (Å²) >= 11 is 0. The predicted molar refractivity (Wildman–Crippen MR) is 71.1 cm³/mol. The van der Waals surface area contributed by atoms with Gasteiger partial charge in [0.1, 0.15) is 5.82 Å². The Balaban J connectivity index is 2.30. The molecular weight excluding hydrogens is 228 g/mol. The third-order valence-electron chi connectivity index (χ3n) is 2.41. The predicted octanol–water partition coefficient (Wildman–Crippen LogP) is 2.10. The lowest BCUT2D eigenvalue weighted by molar-refractivity contribution is 0.238. The number of amides is 1. The minimum atomic E-state index is -0.315. The van der Waals surface area contributed by atoms with Crippen LogP contribution in [-0.2, 0) is 0 Å². The van der Waals surface area contributed by atoms with Gasteiger partial charge in [-0.3, -0.25) is 0 Å². The van der Waals surface area contributed by atoms with Gasteiger partial charge in [-0.1, -0.05) is 30.3 Å². The molecule has 0 fully saturated rings. The highest BCUT2D eigenvalue weighted by atomic mass is 16.2. The van der Waals surface area contributed by atoms with Crippen LogP contribution in [0.25, 0.3) is 11.3 Å². The summed E-state index contributed by atoms with van der Waals surface area (Å²) in [5.41, 5.74) is 7.41. The molecule has 1 aromatic carbocycles. The van der Waals surface area contributed by atoms with Gasteiger partial charge in [0.2, 0.25) is 0 Å². The number of benzene rings is 1. The van der Waals surface area contributed by atoms with Crippen molar-refractivity contribution in [3.63, 3.8) is 0 Å². The maximum atomic E-state index is 11.8. The third kappa shape index (κ3) is 2.51. The lowest BCUT2D eigenvalue weighted by Gasteiger charge is -2.08. The van der Waals surface area contributed by atoms with Crippen LogP contribution in [0.2, 0.25) is 0 Å². The fraction of sp³-hybridized carbons (Fsp3) is 0.231. The van der Waals surface area contributed by atoms with Crippen molar-refractivity contribution in [2.75, 3.05) is 5.73 Å². The maximum Gasteiger partial charge on any atom is 0.344 e. The molecule has 1 heterocycles. The lowest BCUT2D eigenvalue weighted by atomic mass is 10.2. The molecule has 5 heteroatoms. The Kier molecular flexibility index (Phi) is 3.32. The van der Waals surface area contributed by atoms with E-state index in [0.29, 0.717) is 11.5 Å². The van der Waals surface area contributed by atoms with Crippen molar-refractivity contribution in [3.05, 3.63) is 36.4 Å². The van der Waals surface area contributed by atoms with E-state index in [0.717, 1.165) is 5.56 Å². The Bertz CT molecular complexity index is 545.